The minimum atomic E-state index is -0.168. The van der Waals surface area contributed by atoms with E-state index in [4.69, 9.17) is 0 Å². The molecule has 1 aliphatic carbocycles. The number of nitrogens with zero attached hydrogens (tertiary/aromatic N) is 2. The van der Waals surface area contributed by atoms with Gasteiger partial charge in [0.1, 0.15) is 0 Å². The topological polar surface area (TPSA) is 86.5 Å². The van der Waals surface area contributed by atoms with Crippen LogP contribution in [0.15, 0.2) is 48.8 Å². The van der Waals surface area contributed by atoms with Gasteiger partial charge in [-0.2, -0.15) is 5.10 Å². The van der Waals surface area contributed by atoms with Crippen LogP contribution in [0.3, 0.4) is 0 Å². The van der Waals surface area contributed by atoms with Gasteiger partial charge in [-0.3, -0.25) is 14.9 Å². The molecule has 5 rings (SSSR count). The lowest BCUT2D eigenvalue weighted by Gasteiger charge is -2.19. The van der Waals surface area contributed by atoms with Crippen molar-refractivity contribution in [3.63, 3.8) is 0 Å². The van der Waals surface area contributed by atoms with Crippen molar-refractivity contribution in [1.82, 2.24) is 25.5 Å². The van der Waals surface area contributed by atoms with E-state index in [1.165, 1.54) is 11.1 Å². The monoisotopic (exact) mass is 357 g/mol. The summed E-state index contributed by atoms with van der Waals surface area (Å²) in [4.78, 5) is 20.4. The van der Waals surface area contributed by atoms with Crippen molar-refractivity contribution in [3.8, 4) is 11.4 Å². The Hall–Kier alpha value is -3.41. The average molecular weight is 357 g/mol. The summed E-state index contributed by atoms with van der Waals surface area (Å²) in [5, 5.41) is 11.3. The Morgan fingerprint density at radius 2 is 2.07 bits per heavy atom. The van der Waals surface area contributed by atoms with Crippen LogP contribution in [0.5, 0.6) is 0 Å². The van der Waals surface area contributed by atoms with Crippen LogP contribution in [0.25, 0.3) is 22.3 Å². The second-order valence-corrected chi connectivity index (χ2v) is 7.42. The molecular weight excluding hydrogens is 338 g/mol. The van der Waals surface area contributed by atoms with Crippen LogP contribution in [0.4, 0.5) is 0 Å². The summed E-state index contributed by atoms with van der Waals surface area (Å²) in [6, 6.07) is 11.5. The average Bonchev–Trinajstić information content (AvgIpc) is 3.34. The molecule has 0 unspecified atom stereocenters. The normalized spacial score (nSPS) is 14.1. The van der Waals surface area contributed by atoms with Gasteiger partial charge >= 0.3 is 0 Å². The highest BCUT2D eigenvalue weighted by Gasteiger charge is 2.40. The van der Waals surface area contributed by atoms with Crippen molar-refractivity contribution in [1.29, 1.82) is 0 Å². The molecule has 3 aromatic heterocycles. The number of hydrogen-bond acceptors (Lipinski definition) is 3. The molecule has 3 N–H and O–H groups in total. The number of rotatable bonds is 3. The fourth-order valence-corrected chi connectivity index (χ4v) is 4.03. The van der Waals surface area contributed by atoms with E-state index in [9.17, 15) is 4.79 Å². The van der Waals surface area contributed by atoms with Gasteiger partial charge in [0.05, 0.1) is 29.8 Å². The number of aromatic nitrogens is 4. The van der Waals surface area contributed by atoms with Crippen molar-refractivity contribution >= 4 is 16.8 Å². The van der Waals surface area contributed by atoms with Crippen molar-refractivity contribution in [3.05, 3.63) is 71.2 Å². The standard InChI is InChI=1S/C21H19N5O/c1-21(2)15-11-24-26-18(15)19-17(21)14-9-12(6-7-16(14)25-19)20(27)23-10-13-5-3-4-8-22-13/h3-9,11,25H,10H2,1-2H3,(H,23,27)(H,24,26). The largest absolute Gasteiger partial charge is 0.353 e. The highest BCUT2D eigenvalue weighted by molar-refractivity contribution is 6.02. The van der Waals surface area contributed by atoms with E-state index in [0.29, 0.717) is 12.1 Å². The van der Waals surface area contributed by atoms with Crippen LogP contribution in [0.2, 0.25) is 0 Å². The number of aromatic amines is 2. The van der Waals surface area contributed by atoms with E-state index in [1.54, 1.807) is 6.20 Å². The lowest BCUT2D eigenvalue weighted by molar-refractivity contribution is 0.0950. The number of carbonyl (C=O) groups excluding carboxylic acids is 1. The van der Waals surface area contributed by atoms with Gasteiger partial charge < -0.3 is 10.3 Å². The number of carbonyl (C=O) groups is 1. The summed E-state index contributed by atoms with van der Waals surface area (Å²) < 4.78 is 0. The number of pyridine rings is 1. The fourth-order valence-electron chi connectivity index (χ4n) is 4.03. The minimum absolute atomic E-state index is 0.103. The van der Waals surface area contributed by atoms with Crippen LogP contribution >= 0.6 is 0 Å². The quantitative estimate of drug-likeness (QED) is 0.524. The van der Waals surface area contributed by atoms with Crippen molar-refractivity contribution in [2.45, 2.75) is 25.8 Å². The molecule has 6 heteroatoms. The molecule has 0 atom stereocenters. The molecule has 1 amide bonds. The van der Waals surface area contributed by atoms with E-state index >= 15 is 0 Å². The first-order valence-electron chi connectivity index (χ1n) is 8.94. The number of nitrogens with one attached hydrogen (secondary N) is 3. The molecule has 0 spiro atoms. The Kier molecular flexibility index (Phi) is 3.25. The van der Waals surface area contributed by atoms with Crippen LogP contribution in [-0.2, 0) is 12.0 Å². The second kappa shape index (κ2) is 5.54. The fraction of sp³-hybridized carbons (Fsp3) is 0.190. The summed E-state index contributed by atoms with van der Waals surface area (Å²) in [6.07, 6.45) is 3.61. The number of H-pyrrole nitrogens is 2. The molecule has 1 aliphatic rings. The van der Waals surface area contributed by atoms with E-state index in [1.807, 2.05) is 42.6 Å². The summed E-state index contributed by atoms with van der Waals surface area (Å²) in [6.45, 7) is 4.78. The van der Waals surface area contributed by atoms with Gasteiger partial charge in [0.25, 0.3) is 5.91 Å². The molecule has 0 bridgehead atoms. The lowest BCUT2D eigenvalue weighted by Crippen LogP contribution is -2.23. The number of hydrogen-bond donors (Lipinski definition) is 3. The zero-order chi connectivity index (χ0) is 18.6. The Morgan fingerprint density at radius 3 is 2.89 bits per heavy atom. The van der Waals surface area contributed by atoms with Crippen LogP contribution < -0.4 is 5.32 Å². The second-order valence-electron chi connectivity index (χ2n) is 7.42. The molecule has 1 aromatic carbocycles. The molecule has 0 radical (unpaired) electrons. The van der Waals surface area contributed by atoms with E-state index in [2.05, 4.69) is 39.3 Å². The molecule has 6 nitrogen and oxygen atoms in total. The summed E-state index contributed by atoms with van der Waals surface area (Å²) >= 11 is 0. The third-order valence-corrected chi connectivity index (χ3v) is 5.40. The van der Waals surface area contributed by atoms with E-state index in [0.717, 1.165) is 28.0 Å². The predicted molar refractivity (Wildman–Crippen MR) is 103 cm³/mol. The highest BCUT2D eigenvalue weighted by Crippen LogP contribution is 2.50. The van der Waals surface area contributed by atoms with Gasteiger partial charge in [0.15, 0.2) is 0 Å². The van der Waals surface area contributed by atoms with Gasteiger partial charge in [0, 0.05) is 33.6 Å². The summed E-state index contributed by atoms with van der Waals surface area (Å²) in [7, 11) is 0. The van der Waals surface area contributed by atoms with Crippen LogP contribution in [0.1, 0.15) is 41.0 Å². The first-order valence-corrected chi connectivity index (χ1v) is 8.94. The molecule has 4 aromatic rings. The summed E-state index contributed by atoms with van der Waals surface area (Å²) in [5.41, 5.74) is 6.82. The minimum Gasteiger partial charge on any atom is -0.353 e. The Morgan fingerprint density at radius 1 is 1.19 bits per heavy atom. The van der Waals surface area contributed by atoms with Crippen molar-refractivity contribution in [2.75, 3.05) is 0 Å². The smallest absolute Gasteiger partial charge is 0.251 e. The summed E-state index contributed by atoms with van der Waals surface area (Å²) in [5.74, 6) is -0.103. The maximum absolute atomic E-state index is 12.6. The number of fused-ring (bicyclic) bond motifs is 5. The molecule has 27 heavy (non-hydrogen) atoms. The molecule has 134 valence electrons. The Balaban J connectivity index is 1.51. The molecule has 0 fully saturated rings. The Labute approximate surface area is 156 Å². The third kappa shape index (κ3) is 2.30. The van der Waals surface area contributed by atoms with E-state index in [-0.39, 0.29) is 11.3 Å². The van der Waals surface area contributed by atoms with Gasteiger partial charge in [-0.25, -0.2) is 0 Å². The van der Waals surface area contributed by atoms with Gasteiger partial charge in [-0.05, 0) is 35.9 Å². The van der Waals surface area contributed by atoms with Gasteiger partial charge in [-0.1, -0.05) is 19.9 Å². The van der Waals surface area contributed by atoms with Crippen molar-refractivity contribution < 1.29 is 4.79 Å². The third-order valence-electron chi connectivity index (χ3n) is 5.40. The van der Waals surface area contributed by atoms with Crippen LogP contribution in [-0.4, -0.2) is 26.1 Å². The van der Waals surface area contributed by atoms with Crippen molar-refractivity contribution in [2.24, 2.45) is 0 Å². The Bertz CT molecular complexity index is 1170. The van der Waals surface area contributed by atoms with E-state index < -0.39 is 0 Å². The number of benzene rings is 1. The first-order chi connectivity index (χ1) is 13.1. The molecule has 0 aliphatic heterocycles. The predicted octanol–water partition coefficient (Wildman–Crippen LogP) is 3.52. The van der Waals surface area contributed by atoms with Gasteiger partial charge in [-0.15, -0.1) is 0 Å². The lowest BCUT2D eigenvalue weighted by atomic mass is 9.82. The molecule has 0 saturated carbocycles. The maximum atomic E-state index is 12.6. The molecule has 0 saturated heterocycles. The maximum Gasteiger partial charge on any atom is 0.251 e. The highest BCUT2D eigenvalue weighted by atomic mass is 16.1. The van der Waals surface area contributed by atoms with Gasteiger partial charge in [0.2, 0.25) is 0 Å². The zero-order valence-electron chi connectivity index (χ0n) is 15.1. The molecular formula is C21H19N5O. The zero-order valence-corrected chi connectivity index (χ0v) is 15.1. The molecule has 3 heterocycles. The number of amides is 1. The SMILES string of the molecule is CC1(C)c2cn[nH]c2-c2[nH]c3ccc(C(=O)NCc4ccccn4)cc3c21. The van der Waals surface area contributed by atoms with Crippen LogP contribution in [0, 0.1) is 0 Å². The first kappa shape index (κ1) is 15.8.